The van der Waals surface area contributed by atoms with Crippen molar-refractivity contribution in [1.29, 1.82) is 0 Å². The van der Waals surface area contributed by atoms with Gasteiger partial charge in [0, 0.05) is 26.2 Å². The molecular weight excluding hydrogens is 262 g/mol. The average molecular weight is 289 g/mol. The minimum absolute atomic E-state index is 0.298. The summed E-state index contributed by atoms with van der Waals surface area (Å²) in [6.07, 6.45) is 2.87. The molecule has 2 unspecified atom stereocenters. The molecule has 0 bridgehead atoms. The Balaban J connectivity index is 2.03. The summed E-state index contributed by atoms with van der Waals surface area (Å²) < 4.78 is 28.6. The van der Waals surface area contributed by atoms with Gasteiger partial charge >= 0.3 is 0 Å². The second-order valence-electron chi connectivity index (χ2n) is 6.21. The predicted molar refractivity (Wildman–Crippen MR) is 76.8 cm³/mol. The summed E-state index contributed by atoms with van der Waals surface area (Å²) >= 11 is 0. The Hall–Kier alpha value is -0.170. The van der Waals surface area contributed by atoms with Gasteiger partial charge in [-0.3, -0.25) is 0 Å². The van der Waals surface area contributed by atoms with E-state index in [9.17, 15) is 8.42 Å². The highest BCUT2D eigenvalue weighted by atomic mass is 32.2. The van der Waals surface area contributed by atoms with Crippen LogP contribution >= 0.6 is 0 Å². The molecule has 0 saturated carbocycles. The predicted octanol–water partition coefficient (Wildman–Crippen LogP) is 0.880. The summed E-state index contributed by atoms with van der Waals surface area (Å²) in [6.45, 7) is 7.51. The summed E-state index contributed by atoms with van der Waals surface area (Å²) in [6, 6.07) is 0. The summed E-state index contributed by atoms with van der Waals surface area (Å²) in [7, 11) is -3.26. The summed E-state index contributed by atoms with van der Waals surface area (Å²) in [5.41, 5.74) is 5.76. The van der Waals surface area contributed by atoms with E-state index in [1.807, 2.05) is 0 Å². The molecule has 0 aromatic heterocycles. The first kappa shape index (κ1) is 15.2. The molecule has 0 spiro atoms. The molecule has 19 heavy (non-hydrogen) atoms. The zero-order valence-corrected chi connectivity index (χ0v) is 12.9. The summed E-state index contributed by atoms with van der Waals surface area (Å²) in [5.74, 6) is 1.47. The van der Waals surface area contributed by atoms with Crippen LogP contribution < -0.4 is 5.73 Å². The van der Waals surface area contributed by atoms with Crippen LogP contribution in [0.15, 0.2) is 0 Å². The van der Waals surface area contributed by atoms with Crippen molar-refractivity contribution >= 4 is 10.2 Å². The maximum absolute atomic E-state index is 12.6. The number of hydrogen-bond acceptors (Lipinski definition) is 3. The lowest BCUT2D eigenvalue weighted by atomic mass is 9.88. The highest BCUT2D eigenvalue weighted by Gasteiger charge is 2.36. The Kier molecular flexibility index (Phi) is 4.87. The third-order valence-electron chi connectivity index (χ3n) is 4.77. The Morgan fingerprint density at radius 3 is 2.21 bits per heavy atom. The topological polar surface area (TPSA) is 66.6 Å². The second kappa shape index (κ2) is 6.08. The van der Waals surface area contributed by atoms with Gasteiger partial charge in [-0.2, -0.15) is 17.0 Å². The maximum atomic E-state index is 12.6. The first-order valence-corrected chi connectivity index (χ1v) is 8.80. The molecule has 0 amide bonds. The minimum Gasteiger partial charge on any atom is -0.330 e. The van der Waals surface area contributed by atoms with Crippen LogP contribution in [0.4, 0.5) is 0 Å². The van der Waals surface area contributed by atoms with Crippen LogP contribution in [0.1, 0.15) is 33.1 Å². The highest BCUT2D eigenvalue weighted by Crippen LogP contribution is 2.27. The maximum Gasteiger partial charge on any atom is 0.281 e. The second-order valence-corrected chi connectivity index (χ2v) is 8.14. The third kappa shape index (κ3) is 3.29. The molecule has 2 aliphatic rings. The van der Waals surface area contributed by atoms with Gasteiger partial charge in [0.15, 0.2) is 0 Å². The summed E-state index contributed by atoms with van der Waals surface area (Å²) in [5, 5.41) is 0. The molecule has 2 saturated heterocycles. The third-order valence-corrected chi connectivity index (χ3v) is 6.78. The molecule has 2 atom stereocenters. The van der Waals surface area contributed by atoms with Crippen molar-refractivity contribution in [3.63, 3.8) is 0 Å². The lowest BCUT2D eigenvalue weighted by Gasteiger charge is -2.39. The summed E-state index contributed by atoms with van der Waals surface area (Å²) in [4.78, 5) is 0. The Labute approximate surface area is 117 Å². The van der Waals surface area contributed by atoms with Gasteiger partial charge in [0.05, 0.1) is 0 Å². The van der Waals surface area contributed by atoms with Gasteiger partial charge in [-0.1, -0.05) is 13.8 Å². The van der Waals surface area contributed by atoms with E-state index in [4.69, 9.17) is 5.73 Å². The van der Waals surface area contributed by atoms with Crippen molar-refractivity contribution in [3.05, 3.63) is 0 Å². The van der Waals surface area contributed by atoms with Gasteiger partial charge in [0.25, 0.3) is 10.2 Å². The van der Waals surface area contributed by atoms with Gasteiger partial charge in [-0.15, -0.1) is 0 Å². The van der Waals surface area contributed by atoms with Gasteiger partial charge < -0.3 is 5.73 Å². The van der Waals surface area contributed by atoms with Crippen molar-refractivity contribution in [2.45, 2.75) is 33.1 Å². The Morgan fingerprint density at radius 1 is 1.05 bits per heavy atom. The van der Waals surface area contributed by atoms with Crippen LogP contribution in [0, 0.1) is 17.8 Å². The van der Waals surface area contributed by atoms with E-state index in [2.05, 4.69) is 13.8 Å². The number of nitrogens with zero attached hydrogens (tertiary/aromatic N) is 2. The van der Waals surface area contributed by atoms with E-state index in [1.165, 1.54) is 0 Å². The average Bonchev–Trinajstić information content (AvgIpc) is 2.39. The van der Waals surface area contributed by atoms with Crippen molar-refractivity contribution in [3.8, 4) is 0 Å². The Morgan fingerprint density at radius 2 is 1.63 bits per heavy atom. The number of hydrogen-bond donors (Lipinski definition) is 1. The van der Waals surface area contributed by atoms with Crippen molar-refractivity contribution in [2.24, 2.45) is 23.5 Å². The SMILES string of the molecule is CC1CCN(S(=O)(=O)N2CCC(C)C(CN)C2)CC1. The number of nitrogens with two attached hydrogens (primary N) is 1. The molecule has 2 rings (SSSR count). The number of piperidine rings is 2. The molecule has 0 aromatic rings. The normalized spacial score (nSPS) is 32.6. The molecule has 0 aliphatic carbocycles. The van der Waals surface area contributed by atoms with Gasteiger partial charge in [-0.25, -0.2) is 0 Å². The molecule has 0 aromatic carbocycles. The standard InChI is InChI=1S/C13H27N3O2S/c1-11-3-6-15(7-4-11)19(17,18)16-8-5-12(2)13(9-14)10-16/h11-13H,3-10,14H2,1-2H3. The van der Waals surface area contributed by atoms with E-state index in [0.29, 0.717) is 50.5 Å². The molecular formula is C13H27N3O2S. The minimum atomic E-state index is -3.26. The van der Waals surface area contributed by atoms with Crippen LogP contribution in [-0.2, 0) is 10.2 Å². The fourth-order valence-corrected chi connectivity index (χ4v) is 4.73. The van der Waals surface area contributed by atoms with Crippen molar-refractivity contribution in [1.82, 2.24) is 8.61 Å². The van der Waals surface area contributed by atoms with Crippen LogP contribution in [0.5, 0.6) is 0 Å². The van der Waals surface area contributed by atoms with E-state index < -0.39 is 10.2 Å². The highest BCUT2D eigenvalue weighted by molar-refractivity contribution is 7.86. The number of rotatable bonds is 3. The monoisotopic (exact) mass is 289 g/mol. The molecule has 2 N–H and O–H groups in total. The van der Waals surface area contributed by atoms with Crippen LogP contribution in [0.3, 0.4) is 0 Å². The van der Waals surface area contributed by atoms with E-state index in [-0.39, 0.29) is 0 Å². The lowest BCUT2D eigenvalue weighted by molar-refractivity contribution is 0.185. The van der Waals surface area contributed by atoms with Crippen molar-refractivity contribution < 1.29 is 8.42 Å². The molecule has 0 radical (unpaired) electrons. The first-order valence-electron chi connectivity index (χ1n) is 7.40. The van der Waals surface area contributed by atoms with E-state index in [1.54, 1.807) is 8.61 Å². The van der Waals surface area contributed by atoms with Crippen molar-refractivity contribution in [2.75, 3.05) is 32.7 Å². The molecule has 6 heteroatoms. The van der Waals surface area contributed by atoms with Crippen LogP contribution in [-0.4, -0.2) is 49.8 Å². The Bertz CT molecular complexity index is 391. The largest absolute Gasteiger partial charge is 0.330 e. The van der Waals surface area contributed by atoms with Crippen LogP contribution in [0.25, 0.3) is 0 Å². The van der Waals surface area contributed by atoms with Gasteiger partial charge in [0.1, 0.15) is 0 Å². The zero-order chi connectivity index (χ0) is 14.0. The fourth-order valence-electron chi connectivity index (χ4n) is 3.01. The first-order chi connectivity index (χ1) is 8.95. The quantitative estimate of drug-likeness (QED) is 0.838. The fraction of sp³-hybridized carbons (Fsp3) is 1.00. The molecule has 2 aliphatic heterocycles. The van der Waals surface area contributed by atoms with Gasteiger partial charge in [0.2, 0.25) is 0 Å². The molecule has 2 heterocycles. The molecule has 5 nitrogen and oxygen atoms in total. The molecule has 2 fully saturated rings. The zero-order valence-electron chi connectivity index (χ0n) is 12.1. The van der Waals surface area contributed by atoms with Crippen LogP contribution in [0.2, 0.25) is 0 Å². The van der Waals surface area contributed by atoms with E-state index >= 15 is 0 Å². The smallest absolute Gasteiger partial charge is 0.281 e. The van der Waals surface area contributed by atoms with Gasteiger partial charge in [-0.05, 0) is 43.6 Å². The van der Waals surface area contributed by atoms with E-state index in [0.717, 1.165) is 19.3 Å². The molecule has 112 valence electrons. The lowest BCUT2D eigenvalue weighted by Crippen LogP contribution is -2.52.